The highest BCUT2D eigenvalue weighted by Gasteiger charge is 2.53. The van der Waals surface area contributed by atoms with Gasteiger partial charge in [-0.1, -0.05) is 13.8 Å². The van der Waals surface area contributed by atoms with Crippen LogP contribution in [0.1, 0.15) is 13.8 Å². The molecule has 1 heterocycles. The Labute approximate surface area is 104 Å². The second-order valence-electron chi connectivity index (χ2n) is 4.40. The number of ether oxygens (including phenoxy) is 1. The van der Waals surface area contributed by atoms with Crippen LogP contribution in [0.5, 0.6) is 0 Å². The van der Waals surface area contributed by atoms with Crippen molar-refractivity contribution in [2.75, 3.05) is 13.2 Å². The lowest BCUT2D eigenvalue weighted by molar-refractivity contribution is -0.249. The van der Waals surface area contributed by atoms with Gasteiger partial charge in [-0.3, -0.25) is 0 Å². The van der Waals surface area contributed by atoms with Crippen molar-refractivity contribution in [2.45, 2.75) is 48.4 Å². The van der Waals surface area contributed by atoms with E-state index >= 15 is 0 Å². The largest absolute Gasteiger partial charge is 0.394 e. The molecule has 0 unspecified atom stereocenters. The van der Waals surface area contributed by atoms with E-state index in [1.807, 2.05) is 13.8 Å². The van der Waals surface area contributed by atoms with Gasteiger partial charge >= 0.3 is 0 Å². The predicted molar refractivity (Wildman–Crippen MR) is 62.5 cm³/mol. The lowest BCUT2D eigenvalue weighted by Gasteiger charge is -2.47. The quantitative estimate of drug-likeness (QED) is 0.413. The van der Waals surface area contributed by atoms with Gasteiger partial charge in [-0.25, -0.2) is 0 Å². The topological polar surface area (TPSA) is 110 Å². The molecule has 1 aliphatic heterocycles. The van der Waals surface area contributed by atoms with Crippen LogP contribution >= 0.6 is 11.8 Å². The first-order valence-corrected chi connectivity index (χ1v) is 6.37. The second-order valence-corrected chi connectivity index (χ2v) is 6.27. The smallest absolute Gasteiger partial charge is 0.165 e. The Morgan fingerprint density at radius 1 is 1.18 bits per heavy atom. The molecule has 5 N–H and O–H groups in total. The fraction of sp³-hybridized carbons (Fsp3) is 1.00. The zero-order valence-electron chi connectivity index (χ0n) is 9.85. The maximum Gasteiger partial charge on any atom is 0.165 e. The van der Waals surface area contributed by atoms with Gasteiger partial charge in [0.1, 0.15) is 24.4 Å². The van der Waals surface area contributed by atoms with E-state index in [2.05, 4.69) is 0 Å². The van der Waals surface area contributed by atoms with Crippen LogP contribution in [0.15, 0.2) is 0 Å². The summed E-state index contributed by atoms with van der Waals surface area (Å²) in [4.78, 5) is -1.42. The van der Waals surface area contributed by atoms with Gasteiger partial charge in [-0.05, 0) is 0 Å². The minimum absolute atomic E-state index is 0.0404. The monoisotopic (exact) mass is 268 g/mol. The Kier molecular flexibility index (Phi) is 5.21. The van der Waals surface area contributed by atoms with Crippen LogP contribution in [-0.4, -0.2) is 73.3 Å². The van der Waals surface area contributed by atoms with Crippen molar-refractivity contribution in [2.24, 2.45) is 0 Å². The fourth-order valence-corrected chi connectivity index (χ4v) is 3.20. The van der Waals surface area contributed by atoms with Gasteiger partial charge in [0.2, 0.25) is 0 Å². The predicted octanol–water partition coefficient (Wildman–Crippen LogP) is -1.71. The zero-order valence-corrected chi connectivity index (χ0v) is 10.7. The SMILES string of the molecule is CC(C)S[C@]1(CO)O[C@H](CO)[C@H](O)[C@H](O)[C@H]1O. The van der Waals surface area contributed by atoms with Gasteiger partial charge in [-0.2, -0.15) is 0 Å². The van der Waals surface area contributed by atoms with Gasteiger partial charge in [0, 0.05) is 5.25 Å². The molecule has 1 aliphatic rings. The molecule has 7 heteroatoms. The molecule has 0 amide bonds. The maximum absolute atomic E-state index is 9.92. The highest BCUT2D eigenvalue weighted by Crippen LogP contribution is 2.40. The van der Waals surface area contributed by atoms with Gasteiger partial charge in [0.25, 0.3) is 0 Å². The summed E-state index contributed by atoms with van der Waals surface area (Å²) in [5.41, 5.74) is 0. The van der Waals surface area contributed by atoms with E-state index in [9.17, 15) is 20.4 Å². The summed E-state index contributed by atoms with van der Waals surface area (Å²) >= 11 is 1.15. The molecule has 0 saturated carbocycles. The zero-order chi connectivity index (χ0) is 13.2. The normalized spacial score (nSPS) is 43.1. The fourth-order valence-electron chi connectivity index (χ4n) is 1.87. The summed E-state index contributed by atoms with van der Waals surface area (Å²) < 4.78 is 5.38. The minimum atomic E-state index is -1.46. The highest BCUT2D eigenvalue weighted by atomic mass is 32.2. The summed E-state index contributed by atoms with van der Waals surface area (Å²) in [5.74, 6) is 0. The number of rotatable bonds is 4. The Morgan fingerprint density at radius 3 is 2.18 bits per heavy atom. The van der Waals surface area contributed by atoms with Crippen LogP contribution in [0.25, 0.3) is 0 Å². The Hall–Kier alpha value is 0.110. The van der Waals surface area contributed by atoms with Crippen LogP contribution < -0.4 is 0 Å². The molecule has 0 aromatic rings. The summed E-state index contributed by atoms with van der Waals surface area (Å²) in [7, 11) is 0. The van der Waals surface area contributed by atoms with Gasteiger partial charge in [-0.15, -0.1) is 11.8 Å². The van der Waals surface area contributed by atoms with Crippen molar-refractivity contribution in [3.63, 3.8) is 0 Å². The molecule has 1 fully saturated rings. The van der Waals surface area contributed by atoms with Crippen LogP contribution in [-0.2, 0) is 4.74 Å². The third kappa shape index (κ3) is 2.93. The molecule has 0 aliphatic carbocycles. The van der Waals surface area contributed by atoms with Crippen molar-refractivity contribution in [3.8, 4) is 0 Å². The number of aliphatic hydroxyl groups is 5. The van der Waals surface area contributed by atoms with Gasteiger partial charge < -0.3 is 30.3 Å². The third-order valence-electron chi connectivity index (χ3n) is 2.69. The molecule has 0 radical (unpaired) electrons. The second kappa shape index (κ2) is 5.83. The van der Waals surface area contributed by atoms with E-state index in [0.29, 0.717) is 0 Å². The molecule has 0 bridgehead atoms. The molecule has 0 aromatic carbocycles. The molecule has 1 rings (SSSR count). The molecule has 0 spiro atoms. The van der Waals surface area contributed by atoms with E-state index in [1.54, 1.807) is 0 Å². The molecule has 5 atom stereocenters. The summed E-state index contributed by atoms with van der Waals surface area (Å²) in [6.07, 6.45) is -5.27. The highest BCUT2D eigenvalue weighted by molar-refractivity contribution is 8.01. The van der Waals surface area contributed by atoms with Crippen LogP contribution in [0.2, 0.25) is 0 Å². The third-order valence-corrected chi connectivity index (χ3v) is 4.03. The Morgan fingerprint density at radius 2 is 1.76 bits per heavy atom. The number of hydrogen-bond donors (Lipinski definition) is 5. The van der Waals surface area contributed by atoms with Crippen molar-refractivity contribution in [3.05, 3.63) is 0 Å². The first kappa shape index (κ1) is 15.2. The summed E-state index contributed by atoms with van der Waals surface area (Å²) in [5, 5.41) is 47.7. The average Bonchev–Trinajstić information content (AvgIpc) is 2.29. The van der Waals surface area contributed by atoms with Crippen molar-refractivity contribution in [1.29, 1.82) is 0 Å². The van der Waals surface area contributed by atoms with E-state index in [4.69, 9.17) is 9.84 Å². The molecule has 6 nitrogen and oxygen atoms in total. The molecule has 17 heavy (non-hydrogen) atoms. The average molecular weight is 268 g/mol. The summed E-state index contributed by atoms with van der Waals surface area (Å²) in [6.45, 7) is 2.69. The van der Waals surface area contributed by atoms with Crippen molar-refractivity contribution < 1.29 is 30.3 Å². The molecular weight excluding hydrogens is 248 g/mol. The molecule has 1 saturated heterocycles. The van der Waals surface area contributed by atoms with E-state index in [1.165, 1.54) is 0 Å². The maximum atomic E-state index is 9.92. The number of thioether (sulfide) groups is 1. The Bertz CT molecular complexity index is 249. The van der Waals surface area contributed by atoms with Gasteiger partial charge in [0.05, 0.1) is 13.2 Å². The number of aliphatic hydroxyl groups excluding tert-OH is 5. The van der Waals surface area contributed by atoms with E-state index in [-0.39, 0.29) is 5.25 Å². The van der Waals surface area contributed by atoms with Crippen LogP contribution in [0.3, 0.4) is 0 Å². The lowest BCUT2D eigenvalue weighted by Crippen LogP contribution is -2.65. The number of hydrogen-bond acceptors (Lipinski definition) is 7. The summed E-state index contributed by atoms with van der Waals surface area (Å²) in [6, 6.07) is 0. The lowest BCUT2D eigenvalue weighted by atomic mass is 9.95. The van der Waals surface area contributed by atoms with Gasteiger partial charge in [0.15, 0.2) is 4.93 Å². The van der Waals surface area contributed by atoms with E-state index in [0.717, 1.165) is 11.8 Å². The van der Waals surface area contributed by atoms with Crippen LogP contribution in [0.4, 0.5) is 0 Å². The first-order chi connectivity index (χ1) is 7.88. The molecular formula is C10H20O6S. The van der Waals surface area contributed by atoms with Crippen LogP contribution in [0, 0.1) is 0 Å². The van der Waals surface area contributed by atoms with Crippen molar-refractivity contribution >= 4 is 11.8 Å². The Balaban J connectivity index is 2.95. The minimum Gasteiger partial charge on any atom is -0.394 e. The molecule has 0 aromatic heterocycles. The molecule has 102 valence electrons. The van der Waals surface area contributed by atoms with Crippen molar-refractivity contribution in [1.82, 2.24) is 0 Å². The first-order valence-electron chi connectivity index (χ1n) is 5.49. The van der Waals surface area contributed by atoms with E-state index < -0.39 is 42.6 Å². The standard InChI is InChI=1S/C10H20O6S/c1-5(2)17-10(4-12)9(15)8(14)7(13)6(3-11)16-10/h5-9,11-15H,3-4H2,1-2H3/t6-,7+,8+,9-,10+/m1/s1.